The van der Waals surface area contributed by atoms with Crippen LogP contribution in [0.15, 0.2) is 32.5 Å². The van der Waals surface area contributed by atoms with E-state index >= 15 is 0 Å². The molecule has 0 amide bonds. The number of ether oxygens (including phenoxy) is 2. The molecule has 2 nitrogen and oxygen atoms in total. The van der Waals surface area contributed by atoms with Crippen LogP contribution in [0.2, 0.25) is 0 Å². The lowest BCUT2D eigenvalue weighted by Crippen LogP contribution is -1.96. The van der Waals surface area contributed by atoms with E-state index in [4.69, 9.17) is 21.1 Å². The summed E-state index contributed by atoms with van der Waals surface area (Å²) < 4.78 is 12.6. The predicted octanol–water partition coefficient (Wildman–Crippen LogP) is 5.62. The molecule has 2 rings (SSSR count). The Morgan fingerprint density at radius 3 is 2.42 bits per heavy atom. The van der Waals surface area contributed by atoms with E-state index in [1.165, 1.54) is 0 Å². The van der Waals surface area contributed by atoms with Crippen LogP contribution in [0.3, 0.4) is 0 Å². The van der Waals surface area contributed by atoms with Crippen LogP contribution in [0, 0.1) is 0 Å². The molecule has 0 saturated carbocycles. The maximum Gasteiger partial charge on any atom is 0.127 e. The van der Waals surface area contributed by atoms with Crippen molar-refractivity contribution in [2.24, 2.45) is 0 Å². The minimum atomic E-state index is -0.256. The van der Waals surface area contributed by atoms with Gasteiger partial charge in [0.2, 0.25) is 0 Å². The van der Waals surface area contributed by atoms with Gasteiger partial charge in [-0.2, -0.15) is 0 Å². The Kier molecular flexibility index (Phi) is 5.17. The molecule has 0 N–H and O–H groups in total. The largest absolute Gasteiger partial charge is 0.497 e. The molecule has 1 atom stereocenters. The zero-order valence-electron chi connectivity index (χ0n) is 10.2. The Balaban J connectivity index is 2.40. The molecule has 0 aliphatic carbocycles. The Hall–Kier alpha value is -0.230. The van der Waals surface area contributed by atoms with Gasteiger partial charge in [-0.25, -0.2) is 0 Å². The zero-order valence-corrected chi connectivity index (χ0v) is 15.0. The second kappa shape index (κ2) is 6.48. The van der Waals surface area contributed by atoms with Crippen LogP contribution < -0.4 is 9.47 Å². The fraction of sp³-hybridized carbons (Fsp3) is 0.231. The molecule has 0 aliphatic rings. The van der Waals surface area contributed by atoms with E-state index < -0.39 is 0 Å². The average molecular weight is 427 g/mol. The zero-order chi connectivity index (χ0) is 14.0. The lowest BCUT2D eigenvalue weighted by atomic mass is 10.1. The monoisotopic (exact) mass is 424 g/mol. The minimum absolute atomic E-state index is 0.256. The fourth-order valence-corrected chi connectivity index (χ4v) is 4.13. The number of methoxy groups -OCH3 is 2. The van der Waals surface area contributed by atoms with Crippen LogP contribution in [-0.4, -0.2) is 14.2 Å². The van der Waals surface area contributed by atoms with Gasteiger partial charge in [0.25, 0.3) is 0 Å². The van der Waals surface area contributed by atoms with Gasteiger partial charge in [-0.1, -0.05) is 0 Å². The van der Waals surface area contributed by atoms with Gasteiger partial charge in [0, 0.05) is 21.0 Å². The smallest absolute Gasteiger partial charge is 0.127 e. The second-order valence-electron chi connectivity index (χ2n) is 3.74. The first kappa shape index (κ1) is 15.2. The quantitative estimate of drug-likeness (QED) is 0.591. The lowest BCUT2D eigenvalue weighted by molar-refractivity contribution is 0.391. The summed E-state index contributed by atoms with van der Waals surface area (Å²) in [5, 5.41) is -0.256. The van der Waals surface area contributed by atoms with Gasteiger partial charge in [-0.15, -0.1) is 22.9 Å². The van der Waals surface area contributed by atoms with E-state index in [2.05, 4.69) is 31.9 Å². The standard InChI is InChI=1S/C13H11Br2ClO2S/c1-17-7-3-4-8(10(5-7)18-2)12(16)11-6-9(14)13(15)19-11/h3-6,12H,1-2H3. The van der Waals surface area contributed by atoms with Crippen molar-refractivity contribution in [3.63, 3.8) is 0 Å². The molecule has 2 aromatic rings. The van der Waals surface area contributed by atoms with E-state index in [9.17, 15) is 0 Å². The molecule has 19 heavy (non-hydrogen) atoms. The highest BCUT2D eigenvalue weighted by atomic mass is 79.9. The number of rotatable bonds is 4. The molecule has 0 radical (unpaired) electrons. The van der Waals surface area contributed by atoms with Crippen molar-refractivity contribution in [2.45, 2.75) is 5.38 Å². The van der Waals surface area contributed by atoms with Crippen LogP contribution in [0.25, 0.3) is 0 Å². The van der Waals surface area contributed by atoms with Crippen molar-refractivity contribution in [1.29, 1.82) is 0 Å². The van der Waals surface area contributed by atoms with Gasteiger partial charge in [0.15, 0.2) is 0 Å². The lowest BCUT2D eigenvalue weighted by Gasteiger charge is -2.13. The summed E-state index contributed by atoms with van der Waals surface area (Å²) in [7, 11) is 3.25. The van der Waals surface area contributed by atoms with Crippen LogP contribution in [0.5, 0.6) is 11.5 Å². The SMILES string of the molecule is COc1ccc(C(Cl)c2cc(Br)c(Br)s2)c(OC)c1. The first-order valence-electron chi connectivity index (χ1n) is 5.37. The maximum atomic E-state index is 6.54. The summed E-state index contributed by atoms with van der Waals surface area (Å²) in [4.78, 5) is 1.05. The molecule has 6 heteroatoms. The van der Waals surface area contributed by atoms with Gasteiger partial charge < -0.3 is 9.47 Å². The minimum Gasteiger partial charge on any atom is -0.497 e. The van der Waals surface area contributed by atoms with Gasteiger partial charge in [0.1, 0.15) is 11.5 Å². The average Bonchev–Trinajstić information content (AvgIpc) is 2.77. The summed E-state index contributed by atoms with van der Waals surface area (Å²) >= 11 is 15.1. The molecule has 0 fully saturated rings. The number of benzene rings is 1. The Bertz CT molecular complexity index is 567. The maximum absolute atomic E-state index is 6.54. The van der Waals surface area contributed by atoms with E-state index in [0.29, 0.717) is 0 Å². The van der Waals surface area contributed by atoms with Gasteiger partial charge in [-0.3, -0.25) is 0 Å². The number of hydrogen-bond acceptors (Lipinski definition) is 3. The molecule has 0 spiro atoms. The van der Waals surface area contributed by atoms with E-state index in [0.717, 1.165) is 30.2 Å². The van der Waals surface area contributed by atoms with E-state index in [-0.39, 0.29) is 5.38 Å². The van der Waals surface area contributed by atoms with E-state index in [1.807, 2.05) is 24.3 Å². The molecule has 0 bridgehead atoms. The van der Waals surface area contributed by atoms with Gasteiger partial charge in [0.05, 0.1) is 23.4 Å². The molecular formula is C13H11Br2ClO2S. The van der Waals surface area contributed by atoms with Crippen LogP contribution in [-0.2, 0) is 0 Å². The Morgan fingerprint density at radius 1 is 1.16 bits per heavy atom. The topological polar surface area (TPSA) is 18.5 Å². The van der Waals surface area contributed by atoms with Gasteiger partial charge in [-0.05, 0) is 50.1 Å². The molecule has 1 heterocycles. The molecule has 1 unspecified atom stereocenters. The summed E-state index contributed by atoms with van der Waals surface area (Å²) in [6.07, 6.45) is 0. The van der Waals surface area contributed by atoms with Crippen molar-refractivity contribution in [3.05, 3.63) is 43.0 Å². The first-order valence-corrected chi connectivity index (χ1v) is 8.21. The summed E-state index contributed by atoms with van der Waals surface area (Å²) in [6, 6.07) is 7.65. The molecule has 1 aromatic carbocycles. The Labute approximate surface area is 137 Å². The van der Waals surface area contributed by atoms with Crippen LogP contribution in [0.1, 0.15) is 15.8 Å². The third-order valence-corrected chi connectivity index (χ3v) is 6.55. The Morgan fingerprint density at radius 2 is 1.89 bits per heavy atom. The summed E-state index contributed by atoms with van der Waals surface area (Å²) in [5.41, 5.74) is 0.922. The molecule has 0 saturated heterocycles. The highest BCUT2D eigenvalue weighted by Crippen LogP contribution is 2.43. The fourth-order valence-electron chi connectivity index (χ4n) is 1.67. The number of alkyl halides is 1. The summed E-state index contributed by atoms with van der Waals surface area (Å²) in [6.45, 7) is 0. The van der Waals surface area contributed by atoms with Crippen molar-refractivity contribution < 1.29 is 9.47 Å². The molecule has 0 aliphatic heterocycles. The van der Waals surface area contributed by atoms with Crippen LogP contribution in [0.4, 0.5) is 0 Å². The third-order valence-electron chi connectivity index (χ3n) is 2.63. The number of thiophene rings is 1. The summed E-state index contributed by atoms with van der Waals surface area (Å²) in [5.74, 6) is 1.47. The molecule has 102 valence electrons. The normalized spacial score (nSPS) is 12.3. The third kappa shape index (κ3) is 3.27. The molecule has 1 aromatic heterocycles. The number of halogens is 3. The highest BCUT2D eigenvalue weighted by Gasteiger charge is 2.19. The van der Waals surface area contributed by atoms with Crippen molar-refractivity contribution in [3.8, 4) is 11.5 Å². The second-order valence-corrected chi connectivity index (χ2v) is 7.43. The number of hydrogen-bond donors (Lipinski definition) is 0. The predicted molar refractivity (Wildman–Crippen MR) is 87.0 cm³/mol. The van der Waals surface area contributed by atoms with Gasteiger partial charge >= 0.3 is 0 Å². The van der Waals surface area contributed by atoms with Crippen molar-refractivity contribution in [1.82, 2.24) is 0 Å². The van der Waals surface area contributed by atoms with Crippen molar-refractivity contribution >= 4 is 54.8 Å². The molecular weight excluding hydrogens is 415 g/mol. The van der Waals surface area contributed by atoms with Crippen LogP contribution >= 0.6 is 54.8 Å². The first-order chi connectivity index (χ1) is 9.06. The highest BCUT2D eigenvalue weighted by molar-refractivity contribution is 9.13. The van der Waals surface area contributed by atoms with Crippen molar-refractivity contribution in [2.75, 3.05) is 14.2 Å². The van der Waals surface area contributed by atoms with E-state index in [1.54, 1.807) is 25.6 Å².